The van der Waals surface area contributed by atoms with Gasteiger partial charge in [0.2, 0.25) is 0 Å². The maximum absolute atomic E-state index is 12.3. The van der Waals surface area contributed by atoms with Gasteiger partial charge in [-0.3, -0.25) is 4.79 Å². The zero-order valence-corrected chi connectivity index (χ0v) is 11.1. The number of methoxy groups -OCH3 is 2. The summed E-state index contributed by atoms with van der Waals surface area (Å²) in [6, 6.07) is 3.56. The Labute approximate surface area is 112 Å². The van der Waals surface area contributed by atoms with Gasteiger partial charge in [0, 0.05) is 25.1 Å². The quantitative estimate of drug-likeness (QED) is 0.751. The minimum Gasteiger partial charge on any atom is -0.493 e. The molecular formula is C14H17NO4. The van der Waals surface area contributed by atoms with Crippen LogP contribution < -0.4 is 9.47 Å². The summed E-state index contributed by atoms with van der Waals surface area (Å²) >= 11 is 0. The molecule has 0 spiro atoms. The number of aldehydes is 1. The van der Waals surface area contributed by atoms with Crippen molar-refractivity contribution in [3.05, 3.63) is 23.3 Å². The smallest absolute Gasteiger partial charge is 0.254 e. The highest BCUT2D eigenvalue weighted by molar-refractivity contribution is 5.97. The van der Waals surface area contributed by atoms with Gasteiger partial charge >= 0.3 is 0 Å². The standard InChI is InChI=1S/C14H17NO4/c1-18-12-8-10-4-6-15(5-3-7-16)14(17)11(10)9-13(12)19-2/h7-9H,3-6H2,1-2H3. The number of carbonyl (C=O) groups excluding carboxylic acids is 2. The van der Waals surface area contributed by atoms with Crippen molar-refractivity contribution in [1.82, 2.24) is 4.90 Å². The molecule has 0 saturated carbocycles. The number of rotatable bonds is 5. The number of amides is 1. The summed E-state index contributed by atoms with van der Waals surface area (Å²) in [4.78, 5) is 24.4. The molecule has 0 atom stereocenters. The third-order valence-corrected chi connectivity index (χ3v) is 3.29. The first-order valence-electron chi connectivity index (χ1n) is 6.19. The van der Waals surface area contributed by atoms with Crippen LogP contribution in [0.4, 0.5) is 0 Å². The second-order valence-corrected chi connectivity index (χ2v) is 4.36. The van der Waals surface area contributed by atoms with E-state index in [1.54, 1.807) is 25.2 Å². The van der Waals surface area contributed by atoms with Crippen LogP contribution in [0.25, 0.3) is 0 Å². The molecule has 1 amide bonds. The van der Waals surface area contributed by atoms with Crippen molar-refractivity contribution in [2.24, 2.45) is 0 Å². The summed E-state index contributed by atoms with van der Waals surface area (Å²) in [5.74, 6) is 1.13. The highest BCUT2D eigenvalue weighted by Crippen LogP contribution is 2.33. The van der Waals surface area contributed by atoms with Crippen molar-refractivity contribution in [3.63, 3.8) is 0 Å². The molecule has 0 aromatic heterocycles. The van der Waals surface area contributed by atoms with E-state index in [9.17, 15) is 9.59 Å². The van der Waals surface area contributed by atoms with E-state index < -0.39 is 0 Å². The highest BCUT2D eigenvalue weighted by atomic mass is 16.5. The maximum atomic E-state index is 12.3. The van der Waals surface area contributed by atoms with E-state index in [0.29, 0.717) is 36.6 Å². The van der Waals surface area contributed by atoms with Crippen LogP contribution in [-0.2, 0) is 11.2 Å². The lowest BCUT2D eigenvalue weighted by Crippen LogP contribution is -2.38. The second kappa shape index (κ2) is 5.73. The predicted molar refractivity (Wildman–Crippen MR) is 69.8 cm³/mol. The van der Waals surface area contributed by atoms with Gasteiger partial charge in [-0.15, -0.1) is 0 Å². The molecule has 0 N–H and O–H groups in total. The van der Waals surface area contributed by atoms with Crippen molar-refractivity contribution in [3.8, 4) is 11.5 Å². The van der Waals surface area contributed by atoms with E-state index >= 15 is 0 Å². The van der Waals surface area contributed by atoms with Crippen molar-refractivity contribution in [1.29, 1.82) is 0 Å². The van der Waals surface area contributed by atoms with Gasteiger partial charge in [-0.05, 0) is 24.1 Å². The number of nitrogens with zero attached hydrogens (tertiary/aromatic N) is 1. The number of carbonyl (C=O) groups is 2. The Kier molecular flexibility index (Phi) is 4.04. The van der Waals surface area contributed by atoms with E-state index in [4.69, 9.17) is 9.47 Å². The number of fused-ring (bicyclic) bond motifs is 1. The molecule has 0 saturated heterocycles. The summed E-state index contributed by atoms with van der Waals surface area (Å²) in [5, 5.41) is 0. The minimum absolute atomic E-state index is 0.0518. The Morgan fingerprint density at radius 3 is 2.58 bits per heavy atom. The van der Waals surface area contributed by atoms with Gasteiger partial charge in [0.1, 0.15) is 6.29 Å². The molecule has 0 bridgehead atoms. The summed E-state index contributed by atoms with van der Waals surface area (Å²) in [7, 11) is 3.12. The third kappa shape index (κ3) is 2.54. The zero-order valence-electron chi connectivity index (χ0n) is 11.1. The van der Waals surface area contributed by atoms with E-state index in [0.717, 1.165) is 18.3 Å². The van der Waals surface area contributed by atoms with Crippen LogP contribution in [0.15, 0.2) is 12.1 Å². The summed E-state index contributed by atoms with van der Waals surface area (Å²) in [5.41, 5.74) is 1.60. The van der Waals surface area contributed by atoms with Gasteiger partial charge in [0.15, 0.2) is 11.5 Å². The SMILES string of the molecule is COc1cc2c(cc1OC)C(=O)N(CCC=O)CC2. The summed E-state index contributed by atoms with van der Waals surface area (Å²) in [6.45, 7) is 1.10. The minimum atomic E-state index is -0.0518. The van der Waals surface area contributed by atoms with Crippen molar-refractivity contribution < 1.29 is 19.1 Å². The predicted octanol–water partition coefficient (Wildman–Crippen LogP) is 1.29. The second-order valence-electron chi connectivity index (χ2n) is 4.36. The Morgan fingerprint density at radius 1 is 1.26 bits per heavy atom. The maximum Gasteiger partial charge on any atom is 0.254 e. The molecule has 1 aromatic carbocycles. The number of hydrogen-bond acceptors (Lipinski definition) is 4. The lowest BCUT2D eigenvalue weighted by molar-refractivity contribution is -0.108. The zero-order chi connectivity index (χ0) is 13.8. The highest BCUT2D eigenvalue weighted by Gasteiger charge is 2.25. The van der Waals surface area contributed by atoms with Gasteiger partial charge < -0.3 is 19.2 Å². The van der Waals surface area contributed by atoms with Crippen LogP contribution in [0.2, 0.25) is 0 Å². The molecule has 5 nitrogen and oxygen atoms in total. The van der Waals surface area contributed by atoms with Crippen LogP contribution in [0.5, 0.6) is 11.5 Å². The molecule has 1 aliphatic heterocycles. The first-order chi connectivity index (χ1) is 9.21. The molecule has 0 fully saturated rings. The fourth-order valence-electron chi connectivity index (χ4n) is 2.28. The first-order valence-corrected chi connectivity index (χ1v) is 6.19. The van der Waals surface area contributed by atoms with E-state index in [1.807, 2.05) is 6.07 Å². The average Bonchev–Trinajstić information content (AvgIpc) is 2.45. The molecule has 1 aromatic rings. The Balaban J connectivity index is 2.32. The Hall–Kier alpha value is -2.04. The molecule has 2 rings (SSSR count). The van der Waals surface area contributed by atoms with Crippen LogP contribution in [0.3, 0.4) is 0 Å². The monoisotopic (exact) mass is 263 g/mol. The van der Waals surface area contributed by atoms with Crippen molar-refractivity contribution >= 4 is 12.2 Å². The molecule has 0 radical (unpaired) electrons. The molecule has 0 aliphatic carbocycles. The van der Waals surface area contributed by atoms with E-state index in [1.165, 1.54) is 0 Å². The van der Waals surface area contributed by atoms with Crippen LogP contribution in [0, 0.1) is 0 Å². The van der Waals surface area contributed by atoms with Crippen LogP contribution >= 0.6 is 0 Å². The van der Waals surface area contributed by atoms with Gasteiger partial charge in [0.25, 0.3) is 5.91 Å². The average molecular weight is 263 g/mol. The van der Waals surface area contributed by atoms with E-state index in [2.05, 4.69) is 0 Å². The van der Waals surface area contributed by atoms with Crippen molar-refractivity contribution in [2.75, 3.05) is 27.3 Å². The molecule has 5 heteroatoms. The first kappa shape index (κ1) is 13.4. The van der Waals surface area contributed by atoms with Gasteiger partial charge in [0.05, 0.1) is 14.2 Å². The van der Waals surface area contributed by atoms with Gasteiger partial charge in [-0.1, -0.05) is 0 Å². The number of benzene rings is 1. The molecule has 1 heterocycles. The number of ether oxygens (including phenoxy) is 2. The largest absolute Gasteiger partial charge is 0.493 e. The fourth-order valence-corrected chi connectivity index (χ4v) is 2.28. The molecule has 19 heavy (non-hydrogen) atoms. The molecular weight excluding hydrogens is 246 g/mol. The normalized spacial score (nSPS) is 14.0. The lowest BCUT2D eigenvalue weighted by atomic mass is 9.98. The molecule has 0 unspecified atom stereocenters. The summed E-state index contributed by atoms with van der Waals surface area (Å²) < 4.78 is 10.4. The Morgan fingerprint density at radius 2 is 1.95 bits per heavy atom. The third-order valence-electron chi connectivity index (χ3n) is 3.29. The van der Waals surface area contributed by atoms with Gasteiger partial charge in [-0.25, -0.2) is 0 Å². The fraction of sp³-hybridized carbons (Fsp3) is 0.429. The molecule has 1 aliphatic rings. The topological polar surface area (TPSA) is 55.8 Å². The van der Waals surface area contributed by atoms with E-state index in [-0.39, 0.29) is 5.91 Å². The van der Waals surface area contributed by atoms with Crippen LogP contribution in [0.1, 0.15) is 22.3 Å². The Bertz CT molecular complexity index is 498. The lowest BCUT2D eigenvalue weighted by Gasteiger charge is -2.28. The van der Waals surface area contributed by atoms with Gasteiger partial charge in [-0.2, -0.15) is 0 Å². The number of hydrogen-bond donors (Lipinski definition) is 0. The summed E-state index contributed by atoms with van der Waals surface area (Å²) in [6.07, 6.45) is 1.96. The molecule has 102 valence electrons. The van der Waals surface area contributed by atoms with Crippen molar-refractivity contribution in [2.45, 2.75) is 12.8 Å². The van der Waals surface area contributed by atoms with Crippen LogP contribution in [-0.4, -0.2) is 44.4 Å².